The Morgan fingerprint density at radius 1 is 1.33 bits per heavy atom. The molecule has 0 spiro atoms. The van der Waals surface area contributed by atoms with Crippen LogP contribution < -0.4 is 16.0 Å². The van der Waals surface area contributed by atoms with E-state index in [9.17, 15) is 9.59 Å². The average molecular weight is 334 g/mol. The fourth-order valence-corrected chi connectivity index (χ4v) is 2.83. The number of benzene rings is 1. The monoisotopic (exact) mass is 334 g/mol. The van der Waals surface area contributed by atoms with Gasteiger partial charge >= 0.3 is 0 Å². The summed E-state index contributed by atoms with van der Waals surface area (Å²) >= 11 is 0. The van der Waals surface area contributed by atoms with E-state index in [0.29, 0.717) is 18.8 Å². The lowest BCUT2D eigenvalue weighted by molar-refractivity contribution is -0.125. The number of nitrogens with one attached hydrogen (secondary N) is 1. The van der Waals surface area contributed by atoms with Crippen LogP contribution in [-0.2, 0) is 14.3 Å². The van der Waals surface area contributed by atoms with Crippen molar-refractivity contribution < 1.29 is 14.3 Å². The molecule has 1 fully saturated rings. The third-order valence-electron chi connectivity index (χ3n) is 4.21. The molecule has 2 amide bonds. The Morgan fingerprint density at radius 3 is 2.54 bits per heavy atom. The van der Waals surface area contributed by atoms with Crippen LogP contribution in [-0.4, -0.2) is 62.1 Å². The first kappa shape index (κ1) is 18.4. The molecule has 0 saturated carbocycles. The maximum atomic E-state index is 12.4. The molecule has 1 aromatic rings. The van der Waals surface area contributed by atoms with Crippen molar-refractivity contribution in [3.05, 3.63) is 24.3 Å². The second kappa shape index (κ2) is 8.77. The van der Waals surface area contributed by atoms with Crippen molar-refractivity contribution in [3.8, 4) is 0 Å². The van der Waals surface area contributed by atoms with Gasteiger partial charge in [-0.05, 0) is 37.4 Å². The normalized spacial score (nSPS) is 16.3. The van der Waals surface area contributed by atoms with Crippen LogP contribution in [0.1, 0.15) is 13.8 Å². The summed E-state index contributed by atoms with van der Waals surface area (Å²) < 4.78 is 5.13. The zero-order valence-corrected chi connectivity index (χ0v) is 14.3. The second-order valence-electron chi connectivity index (χ2n) is 5.61. The maximum absolute atomic E-state index is 12.4. The van der Waals surface area contributed by atoms with E-state index in [2.05, 4.69) is 5.32 Å². The minimum atomic E-state index is -0.347. The molecule has 0 unspecified atom stereocenters. The SMILES string of the molecule is CCN(CC)[C@H](CN)C(=O)Nc1ccc(N2CCOCC2=O)cc1. The van der Waals surface area contributed by atoms with Gasteiger partial charge in [0.15, 0.2) is 0 Å². The maximum Gasteiger partial charge on any atom is 0.253 e. The number of anilines is 2. The summed E-state index contributed by atoms with van der Waals surface area (Å²) in [6.07, 6.45) is 0. The van der Waals surface area contributed by atoms with Crippen molar-refractivity contribution >= 4 is 23.2 Å². The molecule has 1 heterocycles. The smallest absolute Gasteiger partial charge is 0.253 e. The predicted octanol–water partition coefficient (Wildman–Crippen LogP) is 0.657. The molecule has 0 aliphatic carbocycles. The quantitative estimate of drug-likeness (QED) is 0.765. The van der Waals surface area contributed by atoms with Gasteiger partial charge in [0.2, 0.25) is 5.91 Å². The van der Waals surface area contributed by atoms with Crippen molar-refractivity contribution in [1.82, 2.24) is 4.90 Å². The highest BCUT2D eigenvalue weighted by molar-refractivity contribution is 5.97. The molecule has 1 aliphatic heterocycles. The summed E-state index contributed by atoms with van der Waals surface area (Å²) in [6.45, 7) is 7.01. The molecular formula is C17H26N4O3. The molecule has 3 N–H and O–H groups in total. The Bertz CT molecular complexity index is 557. The van der Waals surface area contributed by atoms with Crippen LogP contribution in [0.25, 0.3) is 0 Å². The number of hydrogen-bond acceptors (Lipinski definition) is 5. The lowest BCUT2D eigenvalue weighted by Gasteiger charge is -2.28. The highest BCUT2D eigenvalue weighted by Gasteiger charge is 2.23. The fourth-order valence-electron chi connectivity index (χ4n) is 2.83. The van der Waals surface area contributed by atoms with Crippen LogP contribution in [0.4, 0.5) is 11.4 Å². The van der Waals surface area contributed by atoms with Gasteiger partial charge in [-0.1, -0.05) is 13.8 Å². The number of carbonyl (C=O) groups excluding carboxylic acids is 2. The van der Waals surface area contributed by atoms with Crippen LogP contribution in [0.3, 0.4) is 0 Å². The molecule has 24 heavy (non-hydrogen) atoms. The van der Waals surface area contributed by atoms with Gasteiger partial charge in [-0.15, -0.1) is 0 Å². The number of hydrogen-bond donors (Lipinski definition) is 2. The zero-order chi connectivity index (χ0) is 17.5. The van der Waals surface area contributed by atoms with Gasteiger partial charge in [-0.3, -0.25) is 14.5 Å². The predicted molar refractivity (Wildman–Crippen MR) is 94.0 cm³/mol. The number of carbonyl (C=O) groups is 2. The third kappa shape index (κ3) is 4.31. The van der Waals surface area contributed by atoms with Gasteiger partial charge in [-0.25, -0.2) is 0 Å². The molecule has 7 nitrogen and oxygen atoms in total. The second-order valence-corrected chi connectivity index (χ2v) is 5.61. The Labute approximate surface area is 142 Å². The Hall–Kier alpha value is -1.96. The minimum absolute atomic E-state index is 0.0530. The van der Waals surface area contributed by atoms with E-state index in [1.54, 1.807) is 17.0 Å². The first-order chi connectivity index (χ1) is 11.6. The lowest BCUT2D eigenvalue weighted by Crippen LogP contribution is -2.48. The fraction of sp³-hybridized carbons (Fsp3) is 0.529. The van der Waals surface area contributed by atoms with E-state index < -0.39 is 0 Å². The molecule has 0 aromatic heterocycles. The van der Waals surface area contributed by atoms with Crippen molar-refractivity contribution in [1.29, 1.82) is 0 Å². The van der Waals surface area contributed by atoms with Gasteiger partial charge in [0.1, 0.15) is 12.6 Å². The van der Waals surface area contributed by atoms with E-state index in [1.165, 1.54) is 0 Å². The summed E-state index contributed by atoms with van der Waals surface area (Å²) in [7, 11) is 0. The third-order valence-corrected chi connectivity index (χ3v) is 4.21. The van der Waals surface area contributed by atoms with E-state index in [-0.39, 0.29) is 31.0 Å². The first-order valence-electron chi connectivity index (χ1n) is 8.33. The van der Waals surface area contributed by atoms with Crippen molar-refractivity contribution in [3.63, 3.8) is 0 Å². The van der Waals surface area contributed by atoms with Crippen LogP contribution in [0.2, 0.25) is 0 Å². The number of amides is 2. The summed E-state index contributed by atoms with van der Waals surface area (Å²) in [5.74, 6) is -0.167. The molecule has 7 heteroatoms. The molecule has 2 rings (SSSR count). The molecular weight excluding hydrogens is 308 g/mol. The number of ether oxygens (including phenoxy) is 1. The average Bonchev–Trinajstić information content (AvgIpc) is 2.60. The number of rotatable bonds is 7. The highest BCUT2D eigenvalue weighted by atomic mass is 16.5. The van der Waals surface area contributed by atoms with Crippen molar-refractivity contribution in [2.24, 2.45) is 5.73 Å². The number of likely N-dealkylation sites (N-methyl/N-ethyl adjacent to an activating group) is 1. The Morgan fingerprint density at radius 2 is 2.00 bits per heavy atom. The van der Waals surface area contributed by atoms with Gasteiger partial charge < -0.3 is 20.7 Å². The number of nitrogens with zero attached hydrogens (tertiary/aromatic N) is 2. The molecule has 132 valence electrons. The summed E-state index contributed by atoms with van der Waals surface area (Å²) in [5, 5.41) is 2.89. The molecule has 0 radical (unpaired) electrons. The van der Waals surface area contributed by atoms with E-state index in [4.69, 9.17) is 10.5 Å². The highest BCUT2D eigenvalue weighted by Crippen LogP contribution is 2.20. The zero-order valence-electron chi connectivity index (χ0n) is 14.3. The molecule has 1 aromatic carbocycles. The van der Waals surface area contributed by atoms with Crippen LogP contribution in [0.5, 0.6) is 0 Å². The largest absolute Gasteiger partial charge is 0.370 e. The minimum Gasteiger partial charge on any atom is -0.370 e. The Balaban J connectivity index is 2.02. The van der Waals surface area contributed by atoms with E-state index in [0.717, 1.165) is 18.8 Å². The summed E-state index contributed by atoms with van der Waals surface area (Å²) in [5.41, 5.74) is 7.25. The van der Waals surface area contributed by atoms with Gasteiger partial charge in [0.25, 0.3) is 5.91 Å². The summed E-state index contributed by atoms with van der Waals surface area (Å²) in [6, 6.07) is 6.90. The van der Waals surface area contributed by atoms with Gasteiger partial charge in [0.05, 0.1) is 6.61 Å². The van der Waals surface area contributed by atoms with Crippen LogP contribution >= 0.6 is 0 Å². The number of morpholine rings is 1. The first-order valence-corrected chi connectivity index (χ1v) is 8.33. The van der Waals surface area contributed by atoms with Crippen molar-refractivity contribution in [2.45, 2.75) is 19.9 Å². The van der Waals surface area contributed by atoms with E-state index in [1.807, 2.05) is 30.9 Å². The van der Waals surface area contributed by atoms with Crippen LogP contribution in [0.15, 0.2) is 24.3 Å². The number of nitrogens with two attached hydrogens (primary N) is 1. The van der Waals surface area contributed by atoms with Gasteiger partial charge in [-0.2, -0.15) is 0 Å². The molecule has 1 aliphatic rings. The van der Waals surface area contributed by atoms with E-state index >= 15 is 0 Å². The lowest BCUT2D eigenvalue weighted by atomic mass is 10.2. The Kier molecular flexibility index (Phi) is 6.72. The molecule has 1 saturated heterocycles. The molecule has 1 atom stereocenters. The summed E-state index contributed by atoms with van der Waals surface area (Å²) in [4.78, 5) is 28.0. The standard InChI is InChI=1S/C17H26N4O3/c1-3-20(4-2)15(11-18)17(23)19-13-5-7-14(8-6-13)21-9-10-24-12-16(21)22/h5-8,15H,3-4,9-12,18H2,1-2H3,(H,19,23)/t15-/m1/s1. The van der Waals surface area contributed by atoms with Crippen LogP contribution in [0, 0.1) is 0 Å². The van der Waals surface area contributed by atoms with Crippen molar-refractivity contribution in [2.75, 3.05) is 49.6 Å². The topological polar surface area (TPSA) is 87.9 Å². The molecule has 0 bridgehead atoms. The van der Waals surface area contributed by atoms with Gasteiger partial charge in [0, 0.05) is 24.5 Å².